The number of halogens is 1. The van der Waals surface area contributed by atoms with Crippen molar-refractivity contribution in [3.05, 3.63) is 59.6 Å². The van der Waals surface area contributed by atoms with E-state index in [1.165, 1.54) is 23.1 Å². The molecule has 0 radical (unpaired) electrons. The maximum atomic E-state index is 12.6. The maximum absolute atomic E-state index is 12.6. The van der Waals surface area contributed by atoms with Crippen molar-refractivity contribution in [2.24, 2.45) is 0 Å². The van der Waals surface area contributed by atoms with Gasteiger partial charge in [-0.05, 0) is 37.3 Å². The fourth-order valence-electron chi connectivity index (χ4n) is 2.25. The van der Waals surface area contributed by atoms with Crippen LogP contribution in [0.25, 0.3) is 0 Å². The Morgan fingerprint density at radius 3 is 2.69 bits per heavy atom. The molecule has 1 N–H and O–H groups in total. The number of para-hydroxylation sites is 1. The summed E-state index contributed by atoms with van der Waals surface area (Å²) in [5.74, 6) is 0.0146. The molecule has 1 atom stereocenters. The Morgan fingerprint density at radius 1 is 1.19 bits per heavy atom. The van der Waals surface area contributed by atoms with Crippen molar-refractivity contribution in [2.75, 3.05) is 17.3 Å². The van der Waals surface area contributed by atoms with Crippen molar-refractivity contribution in [3.8, 4) is 0 Å². The van der Waals surface area contributed by atoms with Crippen LogP contribution in [-0.4, -0.2) is 28.4 Å². The van der Waals surface area contributed by atoms with E-state index in [1.54, 1.807) is 11.9 Å². The van der Waals surface area contributed by atoms with E-state index < -0.39 is 0 Å². The van der Waals surface area contributed by atoms with Crippen molar-refractivity contribution in [3.63, 3.8) is 0 Å². The molecule has 0 saturated heterocycles. The number of hydrogen-bond donors (Lipinski definition) is 1. The molecule has 2 aromatic carbocycles. The van der Waals surface area contributed by atoms with Crippen LogP contribution < -0.4 is 10.2 Å². The lowest BCUT2D eigenvalue weighted by molar-refractivity contribution is -0.117. The van der Waals surface area contributed by atoms with Gasteiger partial charge in [-0.1, -0.05) is 59.0 Å². The van der Waals surface area contributed by atoms with Gasteiger partial charge in [0.25, 0.3) is 0 Å². The number of nitrogens with one attached hydrogen (secondary N) is 1. The summed E-state index contributed by atoms with van der Waals surface area (Å²) in [7, 11) is 1.78. The van der Waals surface area contributed by atoms with Crippen molar-refractivity contribution < 1.29 is 4.79 Å². The van der Waals surface area contributed by atoms with Gasteiger partial charge in [-0.3, -0.25) is 4.79 Å². The highest BCUT2D eigenvalue weighted by Crippen LogP contribution is 2.31. The van der Waals surface area contributed by atoms with Gasteiger partial charge in [-0.25, -0.2) is 0 Å². The predicted molar refractivity (Wildman–Crippen MR) is 110 cm³/mol. The number of carbonyl (C=O) groups is 1. The molecule has 1 unspecified atom stereocenters. The van der Waals surface area contributed by atoms with Crippen LogP contribution in [0.15, 0.2) is 58.9 Å². The number of amides is 1. The van der Waals surface area contributed by atoms with Crippen LogP contribution in [0.2, 0.25) is 5.02 Å². The van der Waals surface area contributed by atoms with E-state index in [-0.39, 0.29) is 11.2 Å². The first-order chi connectivity index (χ1) is 12.5. The second-order valence-corrected chi connectivity index (χ2v) is 8.50. The molecule has 0 aliphatic carbocycles. The molecular weight excluding hydrogens is 388 g/mol. The highest BCUT2D eigenvalue weighted by molar-refractivity contribution is 8.02. The summed E-state index contributed by atoms with van der Waals surface area (Å²) in [6, 6.07) is 17.0. The average Bonchev–Trinajstić information content (AvgIpc) is 3.08. The first-order valence-electron chi connectivity index (χ1n) is 7.88. The van der Waals surface area contributed by atoms with Gasteiger partial charge in [-0.2, -0.15) is 0 Å². The second-order valence-electron chi connectivity index (χ2n) is 5.50. The topological polar surface area (TPSA) is 58.1 Å². The lowest BCUT2D eigenvalue weighted by Gasteiger charge is -2.20. The minimum absolute atomic E-state index is 0.0146. The summed E-state index contributed by atoms with van der Waals surface area (Å²) in [4.78, 5) is 14.3. The Bertz CT molecular complexity index is 888. The molecule has 5 nitrogen and oxygen atoms in total. The monoisotopic (exact) mass is 404 g/mol. The fourth-order valence-corrected chi connectivity index (χ4v) is 4.45. The van der Waals surface area contributed by atoms with E-state index in [0.29, 0.717) is 10.2 Å². The third-order valence-corrected chi connectivity index (χ3v) is 5.83. The van der Waals surface area contributed by atoms with Crippen molar-refractivity contribution in [1.29, 1.82) is 0 Å². The molecule has 26 heavy (non-hydrogen) atoms. The van der Waals surface area contributed by atoms with Crippen LogP contribution in [0, 0.1) is 0 Å². The third-order valence-electron chi connectivity index (χ3n) is 3.58. The second kappa shape index (κ2) is 8.53. The molecule has 0 aliphatic rings. The fraction of sp³-hybridized carbons (Fsp3) is 0.167. The zero-order chi connectivity index (χ0) is 18.5. The van der Waals surface area contributed by atoms with Gasteiger partial charge in [0.2, 0.25) is 11.0 Å². The molecule has 0 aliphatic heterocycles. The molecule has 1 aromatic heterocycles. The minimum Gasteiger partial charge on any atom is -0.330 e. The van der Waals surface area contributed by atoms with E-state index in [0.717, 1.165) is 15.7 Å². The number of rotatable bonds is 6. The van der Waals surface area contributed by atoms with Gasteiger partial charge in [0.1, 0.15) is 0 Å². The molecule has 3 aromatic rings. The van der Waals surface area contributed by atoms with Crippen LogP contribution >= 0.6 is 34.7 Å². The Morgan fingerprint density at radius 2 is 1.96 bits per heavy atom. The predicted octanol–water partition coefficient (Wildman–Crippen LogP) is 5.08. The summed E-state index contributed by atoms with van der Waals surface area (Å²) < 4.78 is 0.733. The quantitative estimate of drug-likeness (QED) is 0.580. The molecule has 0 fully saturated rings. The number of thioether (sulfide) groups is 1. The molecule has 1 amide bonds. The van der Waals surface area contributed by atoms with Gasteiger partial charge in [-0.15, -0.1) is 10.2 Å². The highest BCUT2D eigenvalue weighted by atomic mass is 35.5. The average molecular weight is 405 g/mol. The highest BCUT2D eigenvalue weighted by Gasteiger charge is 2.21. The molecule has 0 saturated carbocycles. The first kappa shape index (κ1) is 18.7. The molecule has 0 bridgehead atoms. The SMILES string of the molecule is CC(Sc1nnc(Nc2cccc(Cl)c2)s1)C(=O)N(C)c1ccccc1. The lowest BCUT2D eigenvalue weighted by atomic mass is 10.3. The summed E-state index contributed by atoms with van der Waals surface area (Å²) in [5, 5.41) is 12.5. The normalized spacial score (nSPS) is 11.8. The summed E-state index contributed by atoms with van der Waals surface area (Å²) >= 11 is 8.78. The standard InChI is InChI=1S/C18H17ClN4OS2/c1-12(16(24)23(2)15-9-4-3-5-10-15)25-18-22-21-17(26-18)20-14-8-6-7-13(19)11-14/h3-12H,1-2H3,(H,20,21). The lowest BCUT2D eigenvalue weighted by Crippen LogP contribution is -2.33. The Hall–Kier alpha value is -2.09. The molecule has 3 rings (SSSR count). The number of hydrogen-bond acceptors (Lipinski definition) is 6. The minimum atomic E-state index is -0.271. The first-order valence-corrected chi connectivity index (χ1v) is 9.96. The van der Waals surface area contributed by atoms with Gasteiger partial charge < -0.3 is 10.2 Å². The van der Waals surface area contributed by atoms with E-state index >= 15 is 0 Å². The van der Waals surface area contributed by atoms with E-state index in [2.05, 4.69) is 15.5 Å². The van der Waals surface area contributed by atoms with Crippen LogP contribution in [0.1, 0.15) is 6.92 Å². The summed E-state index contributed by atoms with van der Waals surface area (Å²) in [6.07, 6.45) is 0. The molecule has 0 spiro atoms. The van der Waals surface area contributed by atoms with E-state index in [1.807, 2.05) is 61.5 Å². The smallest absolute Gasteiger partial charge is 0.240 e. The summed E-state index contributed by atoms with van der Waals surface area (Å²) in [6.45, 7) is 1.87. The van der Waals surface area contributed by atoms with Crippen molar-refractivity contribution in [1.82, 2.24) is 10.2 Å². The number of benzene rings is 2. The van der Waals surface area contributed by atoms with Gasteiger partial charge in [0, 0.05) is 23.4 Å². The molecule has 8 heteroatoms. The maximum Gasteiger partial charge on any atom is 0.240 e. The van der Waals surface area contributed by atoms with Crippen LogP contribution in [-0.2, 0) is 4.79 Å². The van der Waals surface area contributed by atoms with Gasteiger partial charge in [0.05, 0.1) is 5.25 Å². The van der Waals surface area contributed by atoms with Gasteiger partial charge >= 0.3 is 0 Å². The van der Waals surface area contributed by atoms with E-state index in [4.69, 9.17) is 11.6 Å². The van der Waals surface area contributed by atoms with Crippen LogP contribution in [0.5, 0.6) is 0 Å². The summed E-state index contributed by atoms with van der Waals surface area (Å²) in [5.41, 5.74) is 1.71. The Kier molecular flexibility index (Phi) is 6.13. The number of nitrogens with zero attached hydrogens (tertiary/aromatic N) is 3. The molecule has 134 valence electrons. The molecular formula is C18H17ClN4OS2. The zero-order valence-corrected chi connectivity index (χ0v) is 16.6. The van der Waals surface area contributed by atoms with Gasteiger partial charge in [0.15, 0.2) is 4.34 Å². The Labute approximate surface area is 165 Å². The van der Waals surface area contributed by atoms with E-state index in [9.17, 15) is 4.79 Å². The van der Waals surface area contributed by atoms with Crippen LogP contribution in [0.4, 0.5) is 16.5 Å². The number of anilines is 3. The Balaban J connectivity index is 1.62. The van der Waals surface area contributed by atoms with Crippen molar-refractivity contribution in [2.45, 2.75) is 16.5 Å². The number of carbonyl (C=O) groups excluding carboxylic acids is 1. The molecule has 1 heterocycles. The van der Waals surface area contributed by atoms with Crippen molar-refractivity contribution >= 4 is 57.1 Å². The zero-order valence-electron chi connectivity index (χ0n) is 14.2. The third kappa shape index (κ3) is 4.75. The number of aromatic nitrogens is 2. The van der Waals surface area contributed by atoms with Crippen LogP contribution in [0.3, 0.4) is 0 Å². The largest absolute Gasteiger partial charge is 0.330 e.